The summed E-state index contributed by atoms with van der Waals surface area (Å²) in [7, 11) is 0. The molecule has 0 bridgehead atoms. The highest BCUT2D eigenvalue weighted by Crippen LogP contribution is 2.03. The number of hydrogen-bond acceptors (Lipinski definition) is 4. The Morgan fingerprint density at radius 3 is 2.31 bits per heavy atom. The minimum atomic E-state index is -1.17. The van der Waals surface area contributed by atoms with Crippen molar-refractivity contribution in [1.82, 2.24) is 5.32 Å². The maximum Gasteiger partial charge on any atom is 0.326 e. The van der Waals surface area contributed by atoms with Crippen molar-refractivity contribution in [2.75, 3.05) is 6.61 Å². The molecule has 0 saturated carbocycles. The van der Waals surface area contributed by atoms with Gasteiger partial charge in [-0.1, -0.05) is 13.8 Å². The topological polar surface area (TPSA) is 113 Å². The van der Waals surface area contributed by atoms with Crippen molar-refractivity contribution in [2.45, 2.75) is 38.8 Å². The van der Waals surface area contributed by atoms with Crippen LogP contribution in [0.5, 0.6) is 0 Å². The highest BCUT2D eigenvalue weighted by molar-refractivity contribution is 5.86. The number of carboxylic acids is 1. The van der Waals surface area contributed by atoms with Crippen molar-refractivity contribution in [3.8, 4) is 0 Å². The number of amides is 1. The van der Waals surface area contributed by atoms with Crippen molar-refractivity contribution in [2.24, 2.45) is 11.7 Å². The van der Waals surface area contributed by atoms with Crippen molar-refractivity contribution < 1.29 is 19.8 Å². The first-order chi connectivity index (χ1) is 7.38. The molecular weight excluding hydrogens is 212 g/mol. The molecule has 0 aliphatic rings. The first-order valence-electron chi connectivity index (χ1n) is 5.28. The summed E-state index contributed by atoms with van der Waals surface area (Å²) in [6.07, 6.45) is 0.479. The van der Waals surface area contributed by atoms with Crippen LogP contribution in [0.15, 0.2) is 0 Å². The van der Waals surface area contributed by atoms with Gasteiger partial charge in [-0.25, -0.2) is 4.79 Å². The van der Waals surface area contributed by atoms with Gasteiger partial charge in [0.05, 0.1) is 6.04 Å². The fourth-order valence-corrected chi connectivity index (χ4v) is 1.28. The van der Waals surface area contributed by atoms with E-state index in [-0.39, 0.29) is 18.9 Å². The number of aliphatic hydroxyl groups excluding tert-OH is 1. The van der Waals surface area contributed by atoms with Gasteiger partial charge in [-0.3, -0.25) is 4.79 Å². The molecule has 0 aliphatic heterocycles. The summed E-state index contributed by atoms with van der Waals surface area (Å²) >= 11 is 0. The molecule has 0 aromatic carbocycles. The SMILES string of the molecule is CC(C)C[C@H](N)C(=O)N[C@H](CCO)C(=O)O. The molecule has 0 saturated heterocycles. The van der Waals surface area contributed by atoms with Gasteiger partial charge in [-0.2, -0.15) is 0 Å². The van der Waals surface area contributed by atoms with E-state index in [0.717, 1.165) is 0 Å². The first-order valence-corrected chi connectivity index (χ1v) is 5.28. The quantitative estimate of drug-likeness (QED) is 0.464. The minimum Gasteiger partial charge on any atom is -0.480 e. The van der Waals surface area contributed by atoms with Gasteiger partial charge in [0.1, 0.15) is 6.04 Å². The van der Waals surface area contributed by atoms with Crippen LogP contribution in [-0.4, -0.2) is 40.8 Å². The zero-order valence-electron chi connectivity index (χ0n) is 9.64. The van der Waals surface area contributed by atoms with Crippen LogP contribution in [0, 0.1) is 5.92 Å². The number of nitrogens with one attached hydrogen (secondary N) is 1. The summed E-state index contributed by atoms with van der Waals surface area (Å²) in [5.74, 6) is -1.39. The normalized spacial score (nSPS) is 14.6. The van der Waals surface area contributed by atoms with Crippen LogP contribution in [0.3, 0.4) is 0 Å². The molecule has 0 radical (unpaired) electrons. The summed E-state index contributed by atoms with van der Waals surface area (Å²) in [5.41, 5.74) is 5.60. The number of hydrogen-bond donors (Lipinski definition) is 4. The fraction of sp³-hybridized carbons (Fsp3) is 0.800. The Hall–Kier alpha value is -1.14. The van der Waals surface area contributed by atoms with E-state index in [1.54, 1.807) is 0 Å². The van der Waals surface area contributed by atoms with E-state index in [4.69, 9.17) is 15.9 Å². The summed E-state index contributed by atoms with van der Waals surface area (Å²) in [4.78, 5) is 22.2. The number of aliphatic hydroxyl groups is 1. The third-order valence-corrected chi connectivity index (χ3v) is 2.09. The molecule has 0 spiro atoms. The molecule has 0 unspecified atom stereocenters. The molecule has 6 heteroatoms. The Kier molecular flexibility index (Phi) is 6.67. The largest absolute Gasteiger partial charge is 0.480 e. The molecule has 0 fully saturated rings. The predicted molar refractivity (Wildman–Crippen MR) is 58.7 cm³/mol. The highest BCUT2D eigenvalue weighted by atomic mass is 16.4. The van der Waals surface area contributed by atoms with Gasteiger partial charge < -0.3 is 21.3 Å². The van der Waals surface area contributed by atoms with Gasteiger partial charge in [0, 0.05) is 13.0 Å². The van der Waals surface area contributed by atoms with Crippen molar-refractivity contribution in [3.05, 3.63) is 0 Å². The fourth-order valence-electron chi connectivity index (χ4n) is 1.28. The molecule has 94 valence electrons. The maximum atomic E-state index is 11.5. The zero-order valence-corrected chi connectivity index (χ0v) is 9.64. The number of rotatable bonds is 7. The molecule has 0 aromatic heterocycles. The van der Waals surface area contributed by atoms with Crippen molar-refractivity contribution in [3.63, 3.8) is 0 Å². The van der Waals surface area contributed by atoms with Gasteiger partial charge in [0.25, 0.3) is 0 Å². The van der Waals surface area contributed by atoms with E-state index in [1.807, 2.05) is 13.8 Å². The van der Waals surface area contributed by atoms with E-state index in [0.29, 0.717) is 6.42 Å². The summed E-state index contributed by atoms with van der Waals surface area (Å²) in [6.45, 7) is 3.56. The Labute approximate surface area is 94.8 Å². The lowest BCUT2D eigenvalue weighted by molar-refractivity contribution is -0.142. The second-order valence-corrected chi connectivity index (χ2v) is 4.15. The van der Waals surface area contributed by atoms with Gasteiger partial charge >= 0.3 is 5.97 Å². The molecule has 0 rings (SSSR count). The summed E-state index contributed by atoms with van der Waals surface area (Å²) < 4.78 is 0. The van der Waals surface area contributed by atoms with Gasteiger partial charge in [0.2, 0.25) is 5.91 Å². The van der Waals surface area contributed by atoms with Crippen LogP contribution in [0.1, 0.15) is 26.7 Å². The zero-order chi connectivity index (χ0) is 12.7. The van der Waals surface area contributed by atoms with Crippen LogP contribution in [-0.2, 0) is 9.59 Å². The van der Waals surface area contributed by atoms with Crippen LogP contribution in [0.2, 0.25) is 0 Å². The number of carboxylic acid groups (broad SMARTS) is 1. The van der Waals surface area contributed by atoms with Crippen LogP contribution in [0.25, 0.3) is 0 Å². The van der Waals surface area contributed by atoms with Gasteiger partial charge in [-0.05, 0) is 12.3 Å². The number of carbonyl (C=O) groups excluding carboxylic acids is 1. The van der Waals surface area contributed by atoms with E-state index in [1.165, 1.54) is 0 Å². The van der Waals surface area contributed by atoms with E-state index in [2.05, 4.69) is 5.32 Å². The Morgan fingerprint density at radius 2 is 1.94 bits per heavy atom. The third-order valence-electron chi connectivity index (χ3n) is 2.09. The third kappa shape index (κ3) is 5.67. The van der Waals surface area contributed by atoms with E-state index >= 15 is 0 Å². The van der Waals surface area contributed by atoms with E-state index in [9.17, 15) is 9.59 Å². The summed E-state index contributed by atoms with van der Waals surface area (Å²) in [5, 5.41) is 19.7. The first kappa shape index (κ1) is 14.9. The standard InChI is InChI=1S/C10H20N2O4/c1-6(2)5-7(11)9(14)12-8(3-4-13)10(15)16/h6-8,13H,3-5,11H2,1-2H3,(H,12,14)(H,15,16)/t7-,8+/m0/s1. The lowest BCUT2D eigenvalue weighted by Gasteiger charge is -2.18. The average Bonchev–Trinajstić information content (AvgIpc) is 2.15. The highest BCUT2D eigenvalue weighted by Gasteiger charge is 2.22. The Morgan fingerprint density at radius 1 is 1.38 bits per heavy atom. The smallest absolute Gasteiger partial charge is 0.326 e. The molecule has 6 nitrogen and oxygen atoms in total. The molecule has 16 heavy (non-hydrogen) atoms. The average molecular weight is 232 g/mol. The lowest BCUT2D eigenvalue weighted by Crippen LogP contribution is -2.49. The van der Waals surface area contributed by atoms with Crippen molar-refractivity contribution in [1.29, 1.82) is 0 Å². The maximum absolute atomic E-state index is 11.5. The van der Waals surface area contributed by atoms with Crippen LogP contribution in [0.4, 0.5) is 0 Å². The number of carbonyl (C=O) groups is 2. The molecule has 0 aliphatic carbocycles. The van der Waals surface area contributed by atoms with Gasteiger partial charge in [-0.15, -0.1) is 0 Å². The summed E-state index contributed by atoms with van der Waals surface area (Å²) in [6, 6.07) is -1.78. The minimum absolute atomic E-state index is 0.0184. The molecule has 0 aromatic rings. The van der Waals surface area contributed by atoms with Gasteiger partial charge in [0.15, 0.2) is 0 Å². The monoisotopic (exact) mass is 232 g/mol. The lowest BCUT2D eigenvalue weighted by atomic mass is 10.0. The van der Waals surface area contributed by atoms with Crippen LogP contribution < -0.4 is 11.1 Å². The molecule has 5 N–H and O–H groups in total. The Balaban J connectivity index is 4.23. The molecule has 1 amide bonds. The number of aliphatic carboxylic acids is 1. The second kappa shape index (κ2) is 7.19. The van der Waals surface area contributed by atoms with Crippen molar-refractivity contribution >= 4 is 11.9 Å². The van der Waals surface area contributed by atoms with Crippen LogP contribution >= 0.6 is 0 Å². The second-order valence-electron chi connectivity index (χ2n) is 4.15. The Bertz CT molecular complexity index is 243. The molecule has 2 atom stereocenters. The molecular formula is C10H20N2O4. The molecule has 0 heterocycles. The predicted octanol–water partition coefficient (Wildman–Crippen LogP) is -0.688. The van der Waals surface area contributed by atoms with E-state index < -0.39 is 24.0 Å². The number of nitrogens with two attached hydrogens (primary N) is 1.